The monoisotopic (exact) mass is 295 g/mol. The Kier molecular flexibility index (Phi) is 6.89. The molecular formula is C16H29N3O2. The van der Waals surface area contributed by atoms with Crippen LogP contribution >= 0.6 is 0 Å². The predicted octanol–water partition coefficient (Wildman–Crippen LogP) is 3.02. The summed E-state index contributed by atoms with van der Waals surface area (Å²) in [6, 6.07) is 0. The number of carboxylic acids is 1. The molecule has 1 heterocycles. The highest BCUT2D eigenvalue weighted by atomic mass is 16.4. The van der Waals surface area contributed by atoms with Gasteiger partial charge in [-0.3, -0.25) is 4.79 Å². The molecule has 0 radical (unpaired) electrons. The Labute approximate surface area is 127 Å². The summed E-state index contributed by atoms with van der Waals surface area (Å²) in [5.74, 6) is 0.747. The fraction of sp³-hybridized carbons (Fsp3) is 0.750. The molecule has 2 N–H and O–H groups in total. The minimum absolute atomic E-state index is 0.413. The fourth-order valence-corrected chi connectivity index (χ4v) is 2.44. The number of aromatic nitrogens is 2. The lowest BCUT2D eigenvalue weighted by Gasteiger charge is -2.26. The van der Waals surface area contributed by atoms with Crippen LogP contribution in [0.4, 0.5) is 0 Å². The first-order chi connectivity index (χ1) is 9.90. The average molecular weight is 295 g/mol. The van der Waals surface area contributed by atoms with Gasteiger partial charge in [-0.05, 0) is 39.2 Å². The highest BCUT2D eigenvalue weighted by Crippen LogP contribution is 2.17. The molecule has 120 valence electrons. The van der Waals surface area contributed by atoms with Gasteiger partial charge in [0.05, 0.1) is 0 Å². The molecule has 0 aromatic carbocycles. The highest BCUT2D eigenvalue weighted by molar-refractivity contribution is 5.78. The van der Waals surface area contributed by atoms with Gasteiger partial charge in [0.1, 0.15) is 11.4 Å². The molecule has 0 saturated carbocycles. The van der Waals surface area contributed by atoms with Gasteiger partial charge >= 0.3 is 5.97 Å². The normalized spacial score (nSPS) is 14.3. The summed E-state index contributed by atoms with van der Waals surface area (Å²) >= 11 is 0. The van der Waals surface area contributed by atoms with E-state index >= 15 is 0 Å². The van der Waals surface area contributed by atoms with Crippen LogP contribution < -0.4 is 5.32 Å². The van der Waals surface area contributed by atoms with Crippen LogP contribution in [0.3, 0.4) is 0 Å². The molecular weight excluding hydrogens is 266 g/mol. The van der Waals surface area contributed by atoms with Crippen LogP contribution in [0.1, 0.15) is 65.1 Å². The molecule has 0 saturated heterocycles. The van der Waals surface area contributed by atoms with Crippen molar-refractivity contribution in [1.29, 1.82) is 0 Å². The number of imidazole rings is 1. The van der Waals surface area contributed by atoms with Gasteiger partial charge in [0.2, 0.25) is 0 Å². The third-order valence-corrected chi connectivity index (χ3v) is 3.83. The number of nitrogens with zero attached hydrogens (tertiary/aromatic N) is 2. The molecule has 0 fully saturated rings. The van der Waals surface area contributed by atoms with Crippen molar-refractivity contribution < 1.29 is 9.90 Å². The van der Waals surface area contributed by atoms with E-state index in [1.54, 1.807) is 6.92 Å². The van der Waals surface area contributed by atoms with Crippen LogP contribution in [-0.4, -0.2) is 32.7 Å². The number of carboxylic acid groups (broad SMARTS) is 1. The molecule has 0 bridgehead atoms. The van der Waals surface area contributed by atoms with Gasteiger partial charge in [-0.25, -0.2) is 4.98 Å². The van der Waals surface area contributed by atoms with E-state index in [9.17, 15) is 9.90 Å². The molecule has 1 unspecified atom stereocenters. The quantitative estimate of drug-likeness (QED) is 0.651. The average Bonchev–Trinajstić information content (AvgIpc) is 2.89. The van der Waals surface area contributed by atoms with Gasteiger partial charge in [-0.1, -0.05) is 20.8 Å². The summed E-state index contributed by atoms with van der Waals surface area (Å²) in [6.45, 7) is 9.73. The predicted molar refractivity (Wildman–Crippen MR) is 84.5 cm³/mol. The van der Waals surface area contributed by atoms with Crippen molar-refractivity contribution in [2.75, 3.05) is 6.54 Å². The summed E-state index contributed by atoms with van der Waals surface area (Å²) in [6.07, 6.45) is 7.27. The van der Waals surface area contributed by atoms with Crippen molar-refractivity contribution in [3.63, 3.8) is 0 Å². The molecule has 0 spiro atoms. The minimum atomic E-state index is -0.814. The van der Waals surface area contributed by atoms with Gasteiger partial charge in [0.15, 0.2) is 0 Å². The van der Waals surface area contributed by atoms with Gasteiger partial charge in [-0.2, -0.15) is 0 Å². The zero-order valence-corrected chi connectivity index (χ0v) is 13.7. The van der Waals surface area contributed by atoms with Crippen molar-refractivity contribution in [1.82, 2.24) is 14.9 Å². The van der Waals surface area contributed by atoms with E-state index in [-0.39, 0.29) is 0 Å². The molecule has 5 nitrogen and oxygen atoms in total. The van der Waals surface area contributed by atoms with Crippen LogP contribution in [0.25, 0.3) is 0 Å². The third-order valence-electron chi connectivity index (χ3n) is 3.83. The Bertz CT molecular complexity index is 442. The Morgan fingerprint density at radius 2 is 2.19 bits per heavy atom. The molecule has 5 heteroatoms. The van der Waals surface area contributed by atoms with Crippen molar-refractivity contribution in [2.24, 2.45) is 0 Å². The molecule has 1 aromatic heterocycles. The van der Waals surface area contributed by atoms with E-state index in [1.807, 2.05) is 19.3 Å². The molecule has 1 rings (SSSR count). The largest absolute Gasteiger partial charge is 0.480 e. The van der Waals surface area contributed by atoms with Gasteiger partial charge in [0, 0.05) is 24.9 Å². The van der Waals surface area contributed by atoms with E-state index in [0.29, 0.717) is 12.3 Å². The minimum Gasteiger partial charge on any atom is -0.480 e. The second-order valence-corrected chi connectivity index (χ2v) is 6.15. The summed E-state index contributed by atoms with van der Waals surface area (Å²) in [4.78, 5) is 15.8. The third kappa shape index (κ3) is 5.16. The van der Waals surface area contributed by atoms with Gasteiger partial charge < -0.3 is 15.0 Å². The smallest absolute Gasteiger partial charge is 0.323 e. The van der Waals surface area contributed by atoms with Crippen molar-refractivity contribution in [3.05, 3.63) is 18.2 Å². The van der Waals surface area contributed by atoms with Crippen LogP contribution in [0.5, 0.6) is 0 Å². The Morgan fingerprint density at radius 3 is 2.76 bits per heavy atom. The Morgan fingerprint density at radius 1 is 1.48 bits per heavy atom. The molecule has 1 atom stereocenters. The second-order valence-electron chi connectivity index (χ2n) is 6.15. The van der Waals surface area contributed by atoms with Crippen LogP contribution in [0, 0.1) is 0 Å². The molecule has 1 aromatic rings. The zero-order valence-electron chi connectivity index (χ0n) is 13.7. The first kappa shape index (κ1) is 17.7. The summed E-state index contributed by atoms with van der Waals surface area (Å²) in [5.41, 5.74) is -0.814. The lowest BCUT2D eigenvalue weighted by atomic mass is 9.94. The first-order valence-electron chi connectivity index (χ1n) is 7.90. The van der Waals surface area contributed by atoms with Crippen molar-refractivity contribution >= 4 is 5.97 Å². The van der Waals surface area contributed by atoms with E-state index < -0.39 is 11.5 Å². The molecule has 0 aliphatic carbocycles. The highest BCUT2D eigenvalue weighted by Gasteiger charge is 2.31. The van der Waals surface area contributed by atoms with Crippen molar-refractivity contribution in [2.45, 2.75) is 71.4 Å². The van der Waals surface area contributed by atoms with Crippen LogP contribution in [0.2, 0.25) is 0 Å². The lowest BCUT2D eigenvalue weighted by molar-refractivity contribution is -0.144. The van der Waals surface area contributed by atoms with Gasteiger partial charge in [0.25, 0.3) is 0 Å². The molecule has 21 heavy (non-hydrogen) atoms. The number of hydrogen-bond acceptors (Lipinski definition) is 3. The SMILES string of the molecule is CCCNC(C)(CCCCn1ccnc1C(C)C)C(=O)O. The van der Waals surface area contributed by atoms with E-state index in [1.165, 1.54) is 0 Å². The number of rotatable bonds is 10. The number of carbonyl (C=O) groups is 1. The maximum atomic E-state index is 11.4. The summed E-state index contributed by atoms with van der Waals surface area (Å²) < 4.78 is 2.17. The molecule has 0 aliphatic rings. The topological polar surface area (TPSA) is 67.2 Å². The fourth-order valence-electron chi connectivity index (χ4n) is 2.44. The number of aryl methyl sites for hydroxylation is 1. The molecule has 0 amide bonds. The first-order valence-corrected chi connectivity index (χ1v) is 7.90. The number of hydrogen-bond donors (Lipinski definition) is 2. The number of aliphatic carboxylic acids is 1. The van der Waals surface area contributed by atoms with Crippen molar-refractivity contribution in [3.8, 4) is 0 Å². The number of unbranched alkanes of at least 4 members (excludes halogenated alkanes) is 1. The molecule has 0 aliphatic heterocycles. The Hall–Kier alpha value is -1.36. The van der Waals surface area contributed by atoms with E-state index in [4.69, 9.17) is 0 Å². The second kappa shape index (κ2) is 8.17. The summed E-state index contributed by atoms with van der Waals surface area (Å²) in [5, 5.41) is 12.5. The van der Waals surface area contributed by atoms with Crippen LogP contribution in [-0.2, 0) is 11.3 Å². The van der Waals surface area contributed by atoms with Gasteiger partial charge in [-0.15, -0.1) is 0 Å². The summed E-state index contributed by atoms with van der Waals surface area (Å²) in [7, 11) is 0. The Balaban J connectivity index is 2.44. The zero-order chi connectivity index (χ0) is 15.9. The lowest BCUT2D eigenvalue weighted by Crippen LogP contribution is -2.49. The maximum absolute atomic E-state index is 11.4. The number of nitrogens with one attached hydrogen (secondary N) is 1. The maximum Gasteiger partial charge on any atom is 0.323 e. The van der Waals surface area contributed by atoms with Crippen LogP contribution in [0.15, 0.2) is 12.4 Å². The van der Waals surface area contributed by atoms with E-state index in [2.05, 4.69) is 28.7 Å². The standard InChI is InChI=1S/C16H29N3O2/c1-5-9-18-16(4,15(20)21)8-6-7-11-19-12-10-17-14(19)13(2)3/h10,12-13,18H,5-9,11H2,1-4H3,(H,20,21). The van der Waals surface area contributed by atoms with E-state index in [0.717, 1.165) is 38.2 Å².